The highest BCUT2D eigenvalue weighted by Gasteiger charge is 2.19. The number of nitrogens with two attached hydrogens (primary N) is 1. The van der Waals surface area contributed by atoms with E-state index >= 15 is 0 Å². The van der Waals surface area contributed by atoms with Crippen molar-refractivity contribution < 1.29 is 0 Å². The summed E-state index contributed by atoms with van der Waals surface area (Å²) in [5.41, 5.74) is 5.54. The second-order valence-corrected chi connectivity index (χ2v) is 3.60. The molecule has 1 saturated carbocycles. The van der Waals surface area contributed by atoms with Gasteiger partial charge in [0.1, 0.15) is 0 Å². The minimum Gasteiger partial charge on any atom is -0.388 e. The monoisotopic (exact) mass is 154 g/mol. The lowest BCUT2D eigenvalue weighted by Crippen LogP contribution is -2.23. The molecule has 0 aromatic heterocycles. The van der Waals surface area contributed by atoms with E-state index in [-0.39, 0.29) is 0 Å². The van der Waals surface area contributed by atoms with E-state index in [1.165, 1.54) is 25.7 Å². The van der Waals surface area contributed by atoms with Crippen molar-refractivity contribution in [3.05, 3.63) is 0 Å². The Morgan fingerprint density at radius 2 is 2.00 bits per heavy atom. The third-order valence-electron chi connectivity index (χ3n) is 2.44. The summed E-state index contributed by atoms with van der Waals surface area (Å²) in [6, 6.07) is 0.508. The Morgan fingerprint density at radius 3 is 2.55 bits per heavy atom. The SMILES string of the molecule is CC(N)=NC1CCCCC1C. The molecule has 11 heavy (non-hydrogen) atoms. The van der Waals surface area contributed by atoms with Gasteiger partial charge in [-0.25, -0.2) is 0 Å². The van der Waals surface area contributed by atoms with Crippen molar-refractivity contribution in [1.29, 1.82) is 0 Å². The number of hydrogen-bond donors (Lipinski definition) is 1. The zero-order chi connectivity index (χ0) is 8.27. The summed E-state index contributed by atoms with van der Waals surface area (Å²) >= 11 is 0. The van der Waals surface area contributed by atoms with E-state index in [1.54, 1.807) is 0 Å². The van der Waals surface area contributed by atoms with E-state index in [0.717, 1.165) is 11.8 Å². The Kier molecular flexibility index (Phi) is 2.92. The molecular weight excluding hydrogens is 136 g/mol. The molecule has 2 heteroatoms. The first-order valence-electron chi connectivity index (χ1n) is 4.50. The third kappa shape index (κ3) is 2.52. The van der Waals surface area contributed by atoms with Crippen molar-refractivity contribution in [2.75, 3.05) is 0 Å². The van der Waals surface area contributed by atoms with Gasteiger partial charge in [0.15, 0.2) is 0 Å². The van der Waals surface area contributed by atoms with Gasteiger partial charge in [0.25, 0.3) is 0 Å². The molecule has 64 valence electrons. The van der Waals surface area contributed by atoms with Crippen molar-refractivity contribution in [2.24, 2.45) is 16.6 Å². The van der Waals surface area contributed by atoms with Crippen LogP contribution in [0.5, 0.6) is 0 Å². The van der Waals surface area contributed by atoms with Crippen LogP contribution < -0.4 is 5.73 Å². The van der Waals surface area contributed by atoms with Crippen LogP contribution in [0.25, 0.3) is 0 Å². The molecule has 1 rings (SSSR count). The summed E-state index contributed by atoms with van der Waals surface area (Å²) in [6.07, 6.45) is 5.25. The van der Waals surface area contributed by atoms with Gasteiger partial charge in [0.2, 0.25) is 0 Å². The third-order valence-corrected chi connectivity index (χ3v) is 2.44. The molecule has 0 heterocycles. The highest BCUT2D eigenvalue weighted by Crippen LogP contribution is 2.26. The lowest BCUT2D eigenvalue weighted by atomic mass is 9.86. The highest BCUT2D eigenvalue weighted by molar-refractivity contribution is 5.77. The largest absolute Gasteiger partial charge is 0.388 e. The van der Waals surface area contributed by atoms with Gasteiger partial charge in [-0.2, -0.15) is 0 Å². The van der Waals surface area contributed by atoms with E-state index in [0.29, 0.717) is 6.04 Å². The fraction of sp³-hybridized carbons (Fsp3) is 0.889. The molecule has 0 aliphatic heterocycles. The van der Waals surface area contributed by atoms with Crippen LogP contribution in [0.3, 0.4) is 0 Å². The van der Waals surface area contributed by atoms with Crippen LogP contribution in [0.2, 0.25) is 0 Å². The van der Waals surface area contributed by atoms with Crippen molar-refractivity contribution in [3.8, 4) is 0 Å². The van der Waals surface area contributed by atoms with E-state index < -0.39 is 0 Å². The number of amidine groups is 1. The Bertz CT molecular complexity index is 148. The molecule has 2 atom stereocenters. The summed E-state index contributed by atoms with van der Waals surface area (Å²) in [5, 5.41) is 0. The molecule has 0 aromatic rings. The summed E-state index contributed by atoms with van der Waals surface area (Å²) in [6.45, 7) is 4.15. The van der Waals surface area contributed by atoms with E-state index in [1.807, 2.05) is 6.92 Å². The van der Waals surface area contributed by atoms with Crippen molar-refractivity contribution in [3.63, 3.8) is 0 Å². The van der Waals surface area contributed by atoms with Crippen molar-refractivity contribution in [1.82, 2.24) is 0 Å². The molecule has 2 N–H and O–H groups in total. The maximum atomic E-state index is 5.54. The molecule has 1 aliphatic rings. The van der Waals surface area contributed by atoms with Gasteiger partial charge in [0.05, 0.1) is 11.9 Å². The van der Waals surface area contributed by atoms with Gasteiger partial charge in [-0.05, 0) is 25.7 Å². The maximum Gasteiger partial charge on any atom is 0.0909 e. The average Bonchev–Trinajstić information content (AvgIpc) is 1.93. The summed E-state index contributed by atoms with van der Waals surface area (Å²) < 4.78 is 0. The van der Waals surface area contributed by atoms with Crippen LogP contribution >= 0.6 is 0 Å². The van der Waals surface area contributed by atoms with Crippen molar-refractivity contribution >= 4 is 5.84 Å². The molecule has 0 radical (unpaired) electrons. The van der Waals surface area contributed by atoms with Gasteiger partial charge in [0, 0.05) is 0 Å². The van der Waals surface area contributed by atoms with E-state index in [9.17, 15) is 0 Å². The number of rotatable bonds is 1. The average molecular weight is 154 g/mol. The molecule has 0 bridgehead atoms. The summed E-state index contributed by atoms with van der Waals surface area (Å²) in [5.74, 6) is 1.48. The maximum absolute atomic E-state index is 5.54. The first-order valence-corrected chi connectivity index (χ1v) is 4.50. The number of hydrogen-bond acceptors (Lipinski definition) is 1. The van der Waals surface area contributed by atoms with Crippen molar-refractivity contribution in [2.45, 2.75) is 45.6 Å². The lowest BCUT2D eigenvalue weighted by molar-refractivity contribution is 0.333. The standard InChI is InChI=1S/C9H18N2/c1-7-5-3-4-6-9(7)11-8(2)10/h7,9H,3-6H2,1-2H3,(H2,10,11). The topological polar surface area (TPSA) is 38.4 Å². The fourth-order valence-corrected chi connectivity index (χ4v) is 1.75. The first-order chi connectivity index (χ1) is 5.20. The summed E-state index contributed by atoms with van der Waals surface area (Å²) in [4.78, 5) is 4.41. The molecule has 2 unspecified atom stereocenters. The Labute approximate surface area is 68.9 Å². The second-order valence-electron chi connectivity index (χ2n) is 3.60. The van der Waals surface area contributed by atoms with Gasteiger partial charge in [-0.3, -0.25) is 4.99 Å². The predicted molar refractivity (Wildman–Crippen MR) is 48.7 cm³/mol. The normalized spacial score (nSPS) is 33.8. The van der Waals surface area contributed by atoms with Crippen LogP contribution in [0.4, 0.5) is 0 Å². The Hall–Kier alpha value is -0.530. The van der Waals surface area contributed by atoms with Crippen LogP contribution in [-0.4, -0.2) is 11.9 Å². The molecule has 0 amide bonds. The van der Waals surface area contributed by atoms with Gasteiger partial charge in [-0.15, -0.1) is 0 Å². The Balaban J connectivity index is 2.48. The zero-order valence-electron chi connectivity index (χ0n) is 7.51. The minimum absolute atomic E-state index is 0.508. The highest BCUT2D eigenvalue weighted by atomic mass is 14.9. The van der Waals surface area contributed by atoms with Crippen LogP contribution in [-0.2, 0) is 0 Å². The Morgan fingerprint density at radius 1 is 1.36 bits per heavy atom. The zero-order valence-corrected chi connectivity index (χ0v) is 7.51. The summed E-state index contributed by atoms with van der Waals surface area (Å²) in [7, 11) is 0. The first kappa shape index (κ1) is 8.57. The predicted octanol–water partition coefficient (Wildman–Crippen LogP) is 1.94. The fourth-order valence-electron chi connectivity index (χ4n) is 1.75. The number of aliphatic imine (C=N–C) groups is 1. The molecule has 1 fully saturated rings. The lowest BCUT2D eigenvalue weighted by Gasteiger charge is -2.25. The van der Waals surface area contributed by atoms with Crippen LogP contribution in [0.1, 0.15) is 39.5 Å². The van der Waals surface area contributed by atoms with Gasteiger partial charge >= 0.3 is 0 Å². The molecule has 2 nitrogen and oxygen atoms in total. The smallest absolute Gasteiger partial charge is 0.0909 e. The van der Waals surface area contributed by atoms with Crippen LogP contribution in [0, 0.1) is 5.92 Å². The second kappa shape index (κ2) is 3.74. The molecule has 0 saturated heterocycles. The van der Waals surface area contributed by atoms with E-state index in [4.69, 9.17) is 5.73 Å². The molecule has 0 aromatic carbocycles. The minimum atomic E-state index is 0.508. The molecular formula is C9H18N2. The van der Waals surface area contributed by atoms with Gasteiger partial charge in [-0.1, -0.05) is 19.8 Å². The van der Waals surface area contributed by atoms with Crippen LogP contribution in [0.15, 0.2) is 4.99 Å². The van der Waals surface area contributed by atoms with E-state index in [2.05, 4.69) is 11.9 Å². The quantitative estimate of drug-likeness (QED) is 0.455. The van der Waals surface area contributed by atoms with Gasteiger partial charge < -0.3 is 5.73 Å². The molecule has 1 aliphatic carbocycles. The number of nitrogens with zero attached hydrogens (tertiary/aromatic N) is 1. The molecule has 0 spiro atoms.